The van der Waals surface area contributed by atoms with Gasteiger partial charge in [0.05, 0.1) is 5.69 Å². The molecule has 1 saturated heterocycles. The summed E-state index contributed by atoms with van der Waals surface area (Å²) in [5.41, 5.74) is -4.75. The quantitative estimate of drug-likeness (QED) is 0.269. The number of alkyl halides is 3. The molecule has 2 aliphatic heterocycles. The largest absolute Gasteiger partial charge is 0.446 e. The highest BCUT2D eigenvalue weighted by molar-refractivity contribution is 8.00. The van der Waals surface area contributed by atoms with Crippen LogP contribution in [0.25, 0.3) is 0 Å². The third-order valence-corrected chi connectivity index (χ3v) is 5.48. The van der Waals surface area contributed by atoms with Gasteiger partial charge in [-0.25, -0.2) is 14.7 Å². The van der Waals surface area contributed by atoms with Crippen molar-refractivity contribution in [3.8, 4) is 0 Å². The normalized spacial score (nSPS) is 16.7. The number of allylic oxidation sites excluding steroid dienone is 1. The molecule has 0 radical (unpaired) electrons. The highest BCUT2D eigenvalue weighted by Crippen LogP contribution is 2.38. The van der Waals surface area contributed by atoms with Crippen LogP contribution in [-0.4, -0.2) is 47.1 Å². The van der Waals surface area contributed by atoms with E-state index in [-0.39, 0.29) is 28.9 Å². The summed E-state index contributed by atoms with van der Waals surface area (Å²) in [4.78, 5) is 43.2. The van der Waals surface area contributed by atoms with Gasteiger partial charge in [-0.2, -0.15) is 13.2 Å². The fraction of sp³-hybridized carbons (Fsp3) is 0.440. The van der Waals surface area contributed by atoms with Crippen LogP contribution in [0.1, 0.15) is 54.4 Å². The molecule has 1 N–H and O–H groups in total. The van der Waals surface area contributed by atoms with Crippen molar-refractivity contribution in [3.63, 3.8) is 0 Å². The van der Waals surface area contributed by atoms with Crippen molar-refractivity contribution in [2.24, 2.45) is 4.99 Å². The van der Waals surface area contributed by atoms with E-state index >= 15 is 0 Å². The van der Waals surface area contributed by atoms with Crippen LogP contribution < -0.4 is 10.2 Å². The molecule has 11 heteroatoms. The Morgan fingerprint density at radius 3 is 2.25 bits per heavy atom. The van der Waals surface area contributed by atoms with Crippen LogP contribution in [0.4, 0.5) is 23.7 Å². The number of carbonyl (C=O) groups excluding carboxylic acids is 3. The molecular weight excluding hydrogens is 493 g/mol. The Morgan fingerprint density at radius 1 is 1.14 bits per heavy atom. The molecule has 0 spiro atoms. The van der Waals surface area contributed by atoms with Crippen molar-refractivity contribution in [1.82, 2.24) is 10.2 Å². The van der Waals surface area contributed by atoms with E-state index in [2.05, 4.69) is 24.2 Å². The summed E-state index contributed by atoms with van der Waals surface area (Å²) in [7, 11) is 0. The monoisotopic (exact) mass is 526 g/mol. The Kier molecular flexibility index (Phi) is 11.9. The van der Waals surface area contributed by atoms with E-state index in [1.807, 2.05) is 19.9 Å². The molecule has 2 aliphatic rings. The molecule has 0 aliphatic carbocycles. The average Bonchev–Trinajstić information content (AvgIpc) is 2.96. The summed E-state index contributed by atoms with van der Waals surface area (Å²) in [6.45, 7) is 11.5. The maximum atomic E-state index is 13.1. The van der Waals surface area contributed by atoms with Crippen molar-refractivity contribution < 1.29 is 27.6 Å². The van der Waals surface area contributed by atoms with E-state index in [1.165, 1.54) is 35.6 Å². The van der Waals surface area contributed by atoms with E-state index in [0.717, 1.165) is 4.90 Å². The minimum absolute atomic E-state index is 0.0459. The molecule has 0 unspecified atom stereocenters. The Morgan fingerprint density at radius 2 is 1.72 bits per heavy atom. The van der Waals surface area contributed by atoms with E-state index < -0.39 is 23.0 Å². The number of thioether (sulfide) groups is 1. The van der Waals surface area contributed by atoms with Crippen LogP contribution in [0, 0.1) is 0 Å². The molecular formula is C25H33F3N4O3S. The van der Waals surface area contributed by atoms with Crippen LogP contribution in [0.5, 0.6) is 0 Å². The van der Waals surface area contributed by atoms with Crippen molar-refractivity contribution in [2.45, 2.75) is 70.3 Å². The van der Waals surface area contributed by atoms with Gasteiger partial charge in [0.25, 0.3) is 5.91 Å². The first kappa shape index (κ1) is 31.0. The van der Waals surface area contributed by atoms with Gasteiger partial charge in [-0.3, -0.25) is 9.59 Å². The smallest absolute Gasteiger partial charge is 0.313 e. The fourth-order valence-corrected chi connectivity index (χ4v) is 3.72. The molecule has 2 heterocycles. The predicted molar refractivity (Wildman–Crippen MR) is 138 cm³/mol. The van der Waals surface area contributed by atoms with E-state index in [4.69, 9.17) is 0 Å². The lowest BCUT2D eigenvalue weighted by atomic mass is 10.0. The number of imide groups is 1. The van der Waals surface area contributed by atoms with Crippen molar-refractivity contribution in [3.05, 3.63) is 47.8 Å². The predicted octanol–water partition coefficient (Wildman–Crippen LogP) is 6.28. The van der Waals surface area contributed by atoms with Crippen LogP contribution in [0.2, 0.25) is 0 Å². The molecule has 7 nitrogen and oxygen atoms in total. The van der Waals surface area contributed by atoms with E-state index in [9.17, 15) is 27.6 Å². The SMILES string of the molecule is CC.CC1(C)C(=O)N(c2ccc(SC(F)(F)F)cc2)C(=O)N1CC1=CCC=NC(NC=O)=C1.CCC. The Bertz CT molecular complexity index is 1000. The number of benzene rings is 1. The van der Waals surface area contributed by atoms with Gasteiger partial charge in [0.2, 0.25) is 6.41 Å². The second kappa shape index (κ2) is 13.9. The maximum absolute atomic E-state index is 13.1. The second-order valence-electron chi connectivity index (χ2n) is 7.94. The molecule has 1 aromatic carbocycles. The van der Waals surface area contributed by atoms with E-state index in [1.54, 1.807) is 26.1 Å². The summed E-state index contributed by atoms with van der Waals surface area (Å²) in [6, 6.07) is 4.47. The number of anilines is 1. The number of urea groups is 1. The fourth-order valence-electron chi connectivity index (χ4n) is 3.18. The molecule has 0 bridgehead atoms. The lowest BCUT2D eigenvalue weighted by Crippen LogP contribution is -2.45. The minimum Gasteiger partial charge on any atom is -0.313 e. The van der Waals surface area contributed by atoms with Crippen LogP contribution >= 0.6 is 11.8 Å². The molecule has 1 fully saturated rings. The number of hydrogen-bond acceptors (Lipinski definition) is 5. The highest BCUT2D eigenvalue weighted by atomic mass is 32.2. The maximum Gasteiger partial charge on any atom is 0.446 e. The summed E-state index contributed by atoms with van der Waals surface area (Å²) in [6.07, 6.45) is 7.25. The number of amides is 4. The lowest BCUT2D eigenvalue weighted by molar-refractivity contribution is -0.123. The molecule has 1 aromatic rings. The first-order valence-electron chi connectivity index (χ1n) is 11.6. The van der Waals surface area contributed by atoms with Crippen molar-refractivity contribution in [1.29, 1.82) is 0 Å². The standard InChI is InChI=1S/C20H19F3N4O3S.C3H8.C2H6/c1-19(2)17(29)27(14-5-7-15(8-6-14)31-20(21,22)23)18(30)26(19)11-13-4-3-9-24-16(10-13)25-12-28;1-3-2;1-2/h4-10,12H,3,11H2,1-2H3,(H,25,28);3H2,1-2H3;1-2H3. The van der Waals surface area contributed by atoms with Gasteiger partial charge < -0.3 is 10.2 Å². The number of rotatable bonds is 6. The molecule has 0 aromatic heterocycles. The molecule has 3 rings (SSSR count). The lowest BCUT2D eigenvalue weighted by Gasteiger charge is -2.28. The topological polar surface area (TPSA) is 82.1 Å². The Hall–Kier alpha value is -3.08. The number of hydrogen-bond donors (Lipinski definition) is 1. The number of nitrogens with one attached hydrogen (secondary N) is 1. The number of halogens is 3. The number of aliphatic imine (C=N–C) groups is 1. The molecule has 0 atom stereocenters. The molecule has 0 saturated carbocycles. The van der Waals surface area contributed by atoms with Gasteiger partial charge in [-0.15, -0.1) is 0 Å². The van der Waals surface area contributed by atoms with Crippen molar-refractivity contribution in [2.75, 3.05) is 11.4 Å². The third kappa shape index (κ3) is 8.25. The summed E-state index contributed by atoms with van der Waals surface area (Å²) in [5.74, 6) is -0.182. The first-order valence-corrected chi connectivity index (χ1v) is 12.4. The van der Waals surface area contributed by atoms with Crippen LogP contribution in [0.15, 0.2) is 57.7 Å². The Labute approximate surface area is 214 Å². The third-order valence-electron chi connectivity index (χ3n) is 4.74. The summed E-state index contributed by atoms with van der Waals surface area (Å²) in [5, 5.41) is 2.45. The van der Waals surface area contributed by atoms with Crippen molar-refractivity contribution >= 4 is 42.0 Å². The van der Waals surface area contributed by atoms with Crippen LogP contribution in [0.3, 0.4) is 0 Å². The average molecular weight is 527 g/mol. The first-order chi connectivity index (χ1) is 16.9. The van der Waals surface area contributed by atoms with Gasteiger partial charge >= 0.3 is 11.5 Å². The summed E-state index contributed by atoms with van der Waals surface area (Å²) < 4.78 is 37.6. The zero-order valence-corrected chi connectivity index (χ0v) is 22.2. The second-order valence-corrected chi connectivity index (χ2v) is 9.07. The zero-order valence-electron chi connectivity index (χ0n) is 21.3. The minimum atomic E-state index is -4.43. The number of nitrogens with zero attached hydrogens (tertiary/aromatic N) is 3. The van der Waals surface area contributed by atoms with E-state index in [0.29, 0.717) is 24.2 Å². The Balaban J connectivity index is 0.00000120. The molecule has 4 amide bonds. The molecule has 198 valence electrons. The highest BCUT2D eigenvalue weighted by Gasteiger charge is 2.51. The van der Waals surface area contributed by atoms with Gasteiger partial charge in [0, 0.05) is 24.1 Å². The molecule has 36 heavy (non-hydrogen) atoms. The van der Waals surface area contributed by atoms with Crippen LogP contribution in [-0.2, 0) is 9.59 Å². The summed E-state index contributed by atoms with van der Waals surface area (Å²) >= 11 is -0.272. The van der Waals surface area contributed by atoms with Gasteiger partial charge in [0.15, 0.2) is 0 Å². The van der Waals surface area contributed by atoms with Gasteiger partial charge in [0.1, 0.15) is 11.4 Å². The zero-order chi connectivity index (χ0) is 27.5. The number of carbonyl (C=O) groups is 3. The van der Waals surface area contributed by atoms with Gasteiger partial charge in [-0.1, -0.05) is 40.2 Å². The van der Waals surface area contributed by atoms with Gasteiger partial charge in [-0.05, 0) is 61.5 Å².